The maximum atomic E-state index is 13.0. The molecule has 0 fully saturated rings. The first-order chi connectivity index (χ1) is 11.2. The molecule has 2 rings (SSSR count). The molecule has 1 amide bonds. The fourth-order valence-electron chi connectivity index (χ4n) is 2.19. The van der Waals surface area contributed by atoms with Crippen LogP contribution < -0.4 is 4.31 Å². The van der Waals surface area contributed by atoms with E-state index in [4.69, 9.17) is 0 Å². The molecule has 0 spiro atoms. The van der Waals surface area contributed by atoms with Gasteiger partial charge in [0.15, 0.2) is 0 Å². The topological polar surface area (TPSA) is 54.5 Å². The van der Waals surface area contributed by atoms with Crippen molar-refractivity contribution in [3.8, 4) is 0 Å². The van der Waals surface area contributed by atoms with E-state index >= 15 is 0 Å². The van der Waals surface area contributed by atoms with Crippen LogP contribution in [0.25, 0.3) is 0 Å². The van der Waals surface area contributed by atoms with Crippen molar-refractivity contribution in [1.29, 1.82) is 0 Å². The zero-order chi connectivity index (χ0) is 17.9. The summed E-state index contributed by atoms with van der Waals surface area (Å²) in [6.45, 7) is 7.29. The van der Waals surface area contributed by atoms with Gasteiger partial charge in [0, 0.05) is 6.08 Å². The first kappa shape index (κ1) is 17.9. The second-order valence-electron chi connectivity index (χ2n) is 5.98. The zero-order valence-electron chi connectivity index (χ0n) is 14.3. The van der Waals surface area contributed by atoms with E-state index in [2.05, 4.69) is 0 Å². The second kappa shape index (κ2) is 7.01. The van der Waals surface area contributed by atoms with Crippen LogP contribution in [-0.4, -0.2) is 14.3 Å². The van der Waals surface area contributed by atoms with Crippen LogP contribution in [0.4, 0.5) is 5.69 Å². The van der Waals surface area contributed by atoms with Crippen molar-refractivity contribution in [3.05, 3.63) is 71.3 Å². The Morgan fingerprint density at radius 1 is 0.875 bits per heavy atom. The summed E-state index contributed by atoms with van der Waals surface area (Å²) in [6, 6.07) is 13.3. The number of allylic oxidation sites excluding steroid dienone is 1. The molecule has 0 saturated heterocycles. The highest BCUT2D eigenvalue weighted by atomic mass is 32.2. The van der Waals surface area contributed by atoms with Crippen LogP contribution in [0.1, 0.15) is 25.0 Å². The van der Waals surface area contributed by atoms with Crippen LogP contribution in [0, 0.1) is 13.8 Å². The molecule has 2 aromatic carbocycles. The van der Waals surface area contributed by atoms with Gasteiger partial charge in [-0.05, 0) is 52.0 Å². The summed E-state index contributed by atoms with van der Waals surface area (Å²) in [5.41, 5.74) is 2.99. The van der Waals surface area contributed by atoms with Crippen molar-refractivity contribution in [2.75, 3.05) is 4.31 Å². The third-order valence-electron chi connectivity index (χ3n) is 3.44. The Hall–Kier alpha value is -2.40. The predicted molar refractivity (Wildman–Crippen MR) is 96.5 cm³/mol. The molecule has 126 valence electrons. The van der Waals surface area contributed by atoms with Gasteiger partial charge in [-0.15, -0.1) is 0 Å². The molecule has 5 heteroatoms. The van der Waals surface area contributed by atoms with E-state index in [1.54, 1.807) is 50.2 Å². The molecule has 0 heterocycles. The summed E-state index contributed by atoms with van der Waals surface area (Å²) < 4.78 is 26.9. The molecule has 24 heavy (non-hydrogen) atoms. The molecular weight excluding hydrogens is 322 g/mol. The number of amides is 1. The first-order valence-electron chi connectivity index (χ1n) is 7.59. The van der Waals surface area contributed by atoms with Gasteiger partial charge < -0.3 is 0 Å². The van der Waals surface area contributed by atoms with Crippen LogP contribution in [0.5, 0.6) is 0 Å². The number of hydrogen-bond donors (Lipinski definition) is 0. The first-order valence-corrected chi connectivity index (χ1v) is 9.03. The highest BCUT2D eigenvalue weighted by molar-refractivity contribution is 7.93. The number of rotatable bonds is 4. The third kappa shape index (κ3) is 3.92. The Labute approximate surface area is 143 Å². The Morgan fingerprint density at radius 2 is 1.33 bits per heavy atom. The smallest absolute Gasteiger partial charge is 0.268 e. The molecule has 0 aliphatic rings. The molecule has 0 aliphatic carbocycles. The fourth-order valence-corrected chi connectivity index (χ4v) is 3.57. The lowest BCUT2D eigenvalue weighted by atomic mass is 10.2. The van der Waals surface area contributed by atoms with Gasteiger partial charge in [0.1, 0.15) is 0 Å². The summed E-state index contributed by atoms with van der Waals surface area (Å²) in [7, 11) is -3.99. The van der Waals surface area contributed by atoms with Crippen LogP contribution in [0.3, 0.4) is 0 Å². The number of carbonyl (C=O) groups excluding carboxylic acids is 1. The Bertz CT molecular complexity index is 860. The summed E-state index contributed by atoms with van der Waals surface area (Å²) >= 11 is 0. The lowest BCUT2D eigenvalue weighted by Gasteiger charge is -2.22. The molecular formula is C19H21NO3S. The SMILES string of the molecule is CC(C)=CC(=O)N(c1ccc(C)cc1)S(=O)(=O)c1ccc(C)cc1. The van der Waals surface area contributed by atoms with E-state index in [1.807, 2.05) is 13.8 Å². The monoisotopic (exact) mass is 343 g/mol. The predicted octanol–water partition coefficient (Wildman–Crippen LogP) is 3.99. The summed E-state index contributed by atoms with van der Waals surface area (Å²) in [6.07, 6.45) is 1.32. The van der Waals surface area contributed by atoms with Gasteiger partial charge in [-0.25, -0.2) is 8.42 Å². The van der Waals surface area contributed by atoms with Crippen LogP contribution >= 0.6 is 0 Å². The second-order valence-corrected chi connectivity index (χ2v) is 7.76. The van der Waals surface area contributed by atoms with Gasteiger partial charge >= 0.3 is 0 Å². The van der Waals surface area contributed by atoms with Gasteiger partial charge in [-0.2, -0.15) is 4.31 Å². The lowest BCUT2D eigenvalue weighted by Crippen LogP contribution is -2.36. The van der Waals surface area contributed by atoms with Crippen LogP contribution in [-0.2, 0) is 14.8 Å². The zero-order valence-corrected chi connectivity index (χ0v) is 15.1. The molecule has 0 unspecified atom stereocenters. The van der Waals surface area contributed by atoms with E-state index in [9.17, 15) is 13.2 Å². The van der Waals surface area contributed by atoms with Crippen LogP contribution in [0.2, 0.25) is 0 Å². The number of benzene rings is 2. The molecule has 0 bridgehead atoms. The largest absolute Gasteiger partial charge is 0.271 e. The molecule has 0 aromatic heterocycles. The van der Waals surface area contributed by atoms with Gasteiger partial charge in [0.2, 0.25) is 0 Å². The van der Waals surface area contributed by atoms with Crippen molar-refractivity contribution < 1.29 is 13.2 Å². The van der Waals surface area contributed by atoms with Crippen molar-refractivity contribution in [2.45, 2.75) is 32.6 Å². The van der Waals surface area contributed by atoms with Crippen molar-refractivity contribution >= 4 is 21.6 Å². The summed E-state index contributed by atoms with van der Waals surface area (Å²) in [4.78, 5) is 12.7. The average Bonchev–Trinajstić information content (AvgIpc) is 2.49. The maximum Gasteiger partial charge on any atom is 0.271 e. The van der Waals surface area contributed by atoms with E-state index in [1.165, 1.54) is 18.2 Å². The third-order valence-corrected chi connectivity index (χ3v) is 5.18. The van der Waals surface area contributed by atoms with E-state index in [0.717, 1.165) is 21.0 Å². The molecule has 4 nitrogen and oxygen atoms in total. The molecule has 2 aromatic rings. The van der Waals surface area contributed by atoms with E-state index < -0.39 is 15.9 Å². The molecule has 0 N–H and O–H groups in total. The number of carbonyl (C=O) groups is 1. The van der Waals surface area contributed by atoms with Gasteiger partial charge in [0.25, 0.3) is 15.9 Å². The minimum Gasteiger partial charge on any atom is -0.268 e. The number of aryl methyl sites for hydroxylation is 2. The Kier molecular flexibility index (Phi) is 5.24. The normalized spacial score (nSPS) is 11.0. The number of anilines is 1. The highest BCUT2D eigenvalue weighted by Crippen LogP contribution is 2.25. The van der Waals surface area contributed by atoms with Crippen molar-refractivity contribution in [2.24, 2.45) is 0 Å². The van der Waals surface area contributed by atoms with Gasteiger partial charge in [-0.1, -0.05) is 41.0 Å². The quantitative estimate of drug-likeness (QED) is 0.789. The molecule has 0 saturated carbocycles. The maximum absolute atomic E-state index is 13.0. The summed E-state index contributed by atoms with van der Waals surface area (Å²) in [5.74, 6) is -0.584. The number of hydrogen-bond acceptors (Lipinski definition) is 3. The Morgan fingerprint density at radius 3 is 1.79 bits per heavy atom. The minimum absolute atomic E-state index is 0.0872. The van der Waals surface area contributed by atoms with Crippen molar-refractivity contribution in [1.82, 2.24) is 0 Å². The van der Waals surface area contributed by atoms with E-state index in [0.29, 0.717) is 5.69 Å². The average molecular weight is 343 g/mol. The molecule has 0 radical (unpaired) electrons. The number of nitrogens with zero attached hydrogens (tertiary/aromatic N) is 1. The standard InChI is InChI=1S/C19H21NO3S/c1-14(2)13-19(21)20(17-9-5-15(3)6-10-17)24(22,23)18-11-7-16(4)8-12-18/h5-13H,1-4H3. The minimum atomic E-state index is -3.99. The fraction of sp³-hybridized carbons (Fsp3) is 0.211. The highest BCUT2D eigenvalue weighted by Gasteiger charge is 2.29. The van der Waals surface area contributed by atoms with Crippen LogP contribution in [0.15, 0.2) is 65.1 Å². The Balaban J connectivity index is 2.60. The molecule has 0 aliphatic heterocycles. The van der Waals surface area contributed by atoms with Gasteiger partial charge in [-0.3, -0.25) is 4.79 Å². The summed E-state index contributed by atoms with van der Waals surface area (Å²) in [5, 5.41) is 0. The van der Waals surface area contributed by atoms with Gasteiger partial charge in [0.05, 0.1) is 10.6 Å². The lowest BCUT2D eigenvalue weighted by molar-refractivity contribution is -0.113. The van der Waals surface area contributed by atoms with E-state index in [-0.39, 0.29) is 4.90 Å². The number of sulfonamides is 1. The molecule has 0 atom stereocenters. The van der Waals surface area contributed by atoms with Crippen molar-refractivity contribution in [3.63, 3.8) is 0 Å².